The fourth-order valence-electron chi connectivity index (χ4n) is 2.23. The van der Waals surface area contributed by atoms with E-state index < -0.39 is 0 Å². The summed E-state index contributed by atoms with van der Waals surface area (Å²) in [5, 5.41) is 11.0. The summed E-state index contributed by atoms with van der Waals surface area (Å²) in [5.41, 5.74) is 6.48. The molecule has 0 spiro atoms. The van der Waals surface area contributed by atoms with Crippen LogP contribution in [0.15, 0.2) is 29.4 Å². The van der Waals surface area contributed by atoms with Gasteiger partial charge in [-0.2, -0.15) is 10.2 Å². The fraction of sp³-hybridized carbons (Fsp3) is 0.353. The van der Waals surface area contributed by atoms with Crippen LogP contribution in [0.5, 0.6) is 5.75 Å². The molecule has 1 aromatic carbocycles. The highest BCUT2D eigenvalue weighted by atomic mass is 16.5. The van der Waals surface area contributed by atoms with Crippen molar-refractivity contribution >= 4 is 12.1 Å². The molecule has 0 aliphatic carbocycles. The highest BCUT2D eigenvalue weighted by Gasteiger charge is 2.08. The standard InChI is InChI=1S/C17H22N4O2/c1-4-23-15-7-5-14(6-8-15)11-18-21-17(22)10-9-16-12(2)19-20-13(16)3/h5-8,11H,4,9-10H2,1-3H3,(H,19,20)(H,21,22)/b18-11-. The molecule has 6 nitrogen and oxygen atoms in total. The number of nitrogens with zero attached hydrogens (tertiary/aromatic N) is 2. The first-order chi connectivity index (χ1) is 11.1. The minimum Gasteiger partial charge on any atom is -0.494 e. The number of benzene rings is 1. The number of aromatic nitrogens is 2. The largest absolute Gasteiger partial charge is 0.494 e. The Balaban J connectivity index is 1.79. The van der Waals surface area contributed by atoms with Crippen molar-refractivity contribution in [3.8, 4) is 5.75 Å². The van der Waals surface area contributed by atoms with Gasteiger partial charge in [-0.15, -0.1) is 0 Å². The molecule has 0 atom stereocenters. The predicted molar refractivity (Wildman–Crippen MR) is 89.7 cm³/mol. The maximum absolute atomic E-state index is 11.8. The molecule has 0 saturated heterocycles. The van der Waals surface area contributed by atoms with E-state index in [1.165, 1.54) is 0 Å². The second-order valence-electron chi connectivity index (χ2n) is 5.21. The summed E-state index contributed by atoms with van der Waals surface area (Å²) in [6, 6.07) is 7.52. The van der Waals surface area contributed by atoms with Gasteiger partial charge in [-0.05, 0) is 62.6 Å². The summed E-state index contributed by atoms with van der Waals surface area (Å²) in [4.78, 5) is 11.8. The molecule has 122 valence electrons. The van der Waals surface area contributed by atoms with E-state index in [2.05, 4.69) is 20.7 Å². The van der Waals surface area contributed by atoms with Crippen LogP contribution in [0.25, 0.3) is 0 Å². The van der Waals surface area contributed by atoms with Crippen molar-refractivity contribution in [3.05, 3.63) is 46.8 Å². The normalized spacial score (nSPS) is 10.9. The van der Waals surface area contributed by atoms with Gasteiger partial charge in [0.05, 0.1) is 18.5 Å². The van der Waals surface area contributed by atoms with Crippen LogP contribution >= 0.6 is 0 Å². The molecule has 1 amide bonds. The smallest absolute Gasteiger partial charge is 0.240 e. The summed E-state index contributed by atoms with van der Waals surface area (Å²) in [5.74, 6) is 0.701. The van der Waals surface area contributed by atoms with Crippen LogP contribution in [0.2, 0.25) is 0 Å². The number of aromatic amines is 1. The van der Waals surface area contributed by atoms with Gasteiger partial charge >= 0.3 is 0 Å². The molecule has 1 aromatic heterocycles. The number of rotatable bonds is 7. The van der Waals surface area contributed by atoms with Gasteiger partial charge in [-0.3, -0.25) is 9.89 Å². The third kappa shape index (κ3) is 4.95. The Labute approximate surface area is 135 Å². The van der Waals surface area contributed by atoms with Crippen molar-refractivity contribution in [1.82, 2.24) is 15.6 Å². The molecule has 2 N–H and O–H groups in total. The number of ether oxygens (including phenoxy) is 1. The first kappa shape index (κ1) is 16.7. The molecule has 23 heavy (non-hydrogen) atoms. The maximum atomic E-state index is 11.8. The number of hydrogen-bond donors (Lipinski definition) is 2. The zero-order valence-electron chi connectivity index (χ0n) is 13.7. The van der Waals surface area contributed by atoms with Crippen LogP contribution in [-0.4, -0.2) is 28.9 Å². The number of carbonyl (C=O) groups excluding carboxylic acids is 1. The molecule has 0 fully saturated rings. The highest BCUT2D eigenvalue weighted by molar-refractivity contribution is 5.82. The molecule has 6 heteroatoms. The molecule has 0 unspecified atom stereocenters. The number of carbonyl (C=O) groups is 1. The van der Waals surface area contributed by atoms with Crippen LogP contribution in [0, 0.1) is 13.8 Å². The summed E-state index contributed by atoms with van der Waals surface area (Å²) < 4.78 is 5.37. The Morgan fingerprint density at radius 2 is 2.09 bits per heavy atom. The number of amides is 1. The minimum atomic E-state index is -0.118. The highest BCUT2D eigenvalue weighted by Crippen LogP contribution is 2.12. The van der Waals surface area contributed by atoms with Crippen molar-refractivity contribution in [3.63, 3.8) is 0 Å². The second-order valence-corrected chi connectivity index (χ2v) is 5.21. The van der Waals surface area contributed by atoms with Crippen molar-refractivity contribution in [2.75, 3.05) is 6.61 Å². The third-order valence-corrected chi connectivity index (χ3v) is 3.48. The second kappa shape index (κ2) is 8.12. The van der Waals surface area contributed by atoms with Crippen molar-refractivity contribution in [2.45, 2.75) is 33.6 Å². The Kier molecular flexibility index (Phi) is 5.91. The zero-order valence-corrected chi connectivity index (χ0v) is 13.7. The molecule has 0 radical (unpaired) electrons. The minimum absolute atomic E-state index is 0.118. The topological polar surface area (TPSA) is 79.4 Å². The van der Waals surface area contributed by atoms with Crippen LogP contribution in [-0.2, 0) is 11.2 Å². The Hall–Kier alpha value is -2.63. The number of nitrogens with one attached hydrogen (secondary N) is 2. The van der Waals surface area contributed by atoms with Gasteiger partial charge in [-0.25, -0.2) is 5.43 Å². The predicted octanol–water partition coefficient (Wildman–Crippen LogP) is 2.51. The van der Waals surface area contributed by atoms with E-state index in [0.29, 0.717) is 19.4 Å². The van der Waals surface area contributed by atoms with E-state index in [-0.39, 0.29) is 5.91 Å². The van der Waals surface area contributed by atoms with E-state index in [1.807, 2.05) is 45.0 Å². The average molecular weight is 314 g/mol. The monoisotopic (exact) mass is 314 g/mol. The third-order valence-electron chi connectivity index (χ3n) is 3.48. The number of hydrazone groups is 1. The maximum Gasteiger partial charge on any atom is 0.240 e. The first-order valence-electron chi connectivity index (χ1n) is 7.65. The fourth-order valence-corrected chi connectivity index (χ4v) is 2.23. The Morgan fingerprint density at radius 3 is 2.70 bits per heavy atom. The number of H-pyrrole nitrogens is 1. The van der Waals surface area contributed by atoms with Gasteiger partial charge in [0.2, 0.25) is 5.91 Å². The van der Waals surface area contributed by atoms with E-state index in [4.69, 9.17) is 4.74 Å². The van der Waals surface area contributed by atoms with Crippen LogP contribution in [0.1, 0.15) is 35.9 Å². The lowest BCUT2D eigenvalue weighted by Gasteiger charge is -2.02. The molecule has 2 rings (SSSR count). The molecule has 0 saturated carbocycles. The quantitative estimate of drug-likeness (QED) is 0.609. The number of aryl methyl sites for hydroxylation is 2. The van der Waals surface area contributed by atoms with E-state index in [9.17, 15) is 4.79 Å². The van der Waals surface area contributed by atoms with E-state index >= 15 is 0 Å². The number of hydrogen-bond acceptors (Lipinski definition) is 4. The summed E-state index contributed by atoms with van der Waals surface area (Å²) in [6.45, 7) is 6.47. The van der Waals surface area contributed by atoms with Gasteiger partial charge in [0.15, 0.2) is 0 Å². The molecule has 1 heterocycles. The van der Waals surface area contributed by atoms with Crippen molar-refractivity contribution < 1.29 is 9.53 Å². The Bertz CT molecular complexity index is 655. The average Bonchev–Trinajstić information content (AvgIpc) is 2.86. The molecular formula is C17H22N4O2. The van der Waals surface area contributed by atoms with E-state index in [0.717, 1.165) is 28.3 Å². The lowest BCUT2D eigenvalue weighted by atomic mass is 10.1. The first-order valence-corrected chi connectivity index (χ1v) is 7.65. The van der Waals surface area contributed by atoms with Gasteiger partial charge in [0, 0.05) is 12.1 Å². The van der Waals surface area contributed by atoms with Gasteiger partial charge in [-0.1, -0.05) is 0 Å². The molecule has 0 aliphatic heterocycles. The van der Waals surface area contributed by atoms with Crippen molar-refractivity contribution in [2.24, 2.45) is 5.10 Å². The molecular weight excluding hydrogens is 292 g/mol. The summed E-state index contributed by atoms with van der Waals surface area (Å²) in [7, 11) is 0. The SMILES string of the molecule is CCOc1ccc(/C=N\NC(=O)CCc2c(C)n[nH]c2C)cc1. The van der Waals surface area contributed by atoms with Crippen LogP contribution in [0.3, 0.4) is 0 Å². The Morgan fingerprint density at radius 1 is 1.35 bits per heavy atom. The van der Waals surface area contributed by atoms with Gasteiger partial charge < -0.3 is 4.74 Å². The van der Waals surface area contributed by atoms with Gasteiger partial charge in [0.25, 0.3) is 0 Å². The molecule has 2 aromatic rings. The summed E-state index contributed by atoms with van der Waals surface area (Å²) >= 11 is 0. The van der Waals surface area contributed by atoms with Crippen molar-refractivity contribution in [1.29, 1.82) is 0 Å². The lowest BCUT2D eigenvalue weighted by molar-refractivity contribution is -0.121. The lowest BCUT2D eigenvalue weighted by Crippen LogP contribution is -2.18. The molecule has 0 aliphatic rings. The van der Waals surface area contributed by atoms with E-state index in [1.54, 1.807) is 6.21 Å². The molecule has 0 bridgehead atoms. The van der Waals surface area contributed by atoms with Gasteiger partial charge in [0.1, 0.15) is 5.75 Å². The summed E-state index contributed by atoms with van der Waals surface area (Å²) in [6.07, 6.45) is 2.64. The zero-order chi connectivity index (χ0) is 16.7. The van der Waals surface area contributed by atoms with Crippen LogP contribution < -0.4 is 10.2 Å². The van der Waals surface area contributed by atoms with Crippen LogP contribution in [0.4, 0.5) is 0 Å².